The summed E-state index contributed by atoms with van der Waals surface area (Å²) in [7, 11) is 0. The Balaban J connectivity index is 1.70. The average Bonchev–Trinajstić information content (AvgIpc) is 2.79. The molecule has 17 heavy (non-hydrogen) atoms. The number of hydrogen-bond acceptors (Lipinski definition) is 1. The Morgan fingerprint density at radius 2 is 2.12 bits per heavy atom. The van der Waals surface area contributed by atoms with E-state index in [0.29, 0.717) is 5.02 Å². The van der Waals surface area contributed by atoms with E-state index in [9.17, 15) is 0 Å². The lowest BCUT2D eigenvalue weighted by atomic mass is 10.2. The Labute approximate surface area is 116 Å². The monoisotopic (exact) mass is 318 g/mol. The lowest BCUT2D eigenvalue weighted by molar-refractivity contribution is -0.688. The topological polar surface area (TPSA) is 25.8 Å². The highest BCUT2D eigenvalue weighted by atomic mass is 79.9. The molecule has 1 aromatic rings. The molecule has 0 bridgehead atoms. The first kappa shape index (κ1) is 13.2. The van der Waals surface area contributed by atoms with E-state index in [1.807, 2.05) is 18.2 Å². The van der Waals surface area contributed by atoms with Crippen LogP contribution in [-0.4, -0.2) is 19.2 Å². The smallest absolute Gasteiger partial charge is 0.138 e. The zero-order valence-electron chi connectivity index (χ0n) is 9.79. The van der Waals surface area contributed by atoms with Crippen LogP contribution in [-0.2, 0) is 0 Å². The van der Waals surface area contributed by atoms with Gasteiger partial charge in [0.1, 0.15) is 18.9 Å². The summed E-state index contributed by atoms with van der Waals surface area (Å²) >= 11 is 9.45. The van der Waals surface area contributed by atoms with Crippen molar-refractivity contribution < 1.29 is 10.1 Å². The second kappa shape index (κ2) is 6.62. The third-order valence-electron chi connectivity index (χ3n) is 3.17. The molecule has 0 unspecified atom stereocenters. The molecule has 0 saturated heterocycles. The molecule has 0 spiro atoms. The summed E-state index contributed by atoms with van der Waals surface area (Å²) in [6.07, 6.45) is 5.50. The van der Waals surface area contributed by atoms with Crippen molar-refractivity contribution in [2.75, 3.05) is 13.2 Å². The highest BCUT2D eigenvalue weighted by Crippen LogP contribution is 2.27. The van der Waals surface area contributed by atoms with Crippen LogP contribution in [0.2, 0.25) is 5.02 Å². The summed E-state index contributed by atoms with van der Waals surface area (Å²) in [5, 5.41) is 3.07. The number of rotatable bonds is 5. The number of benzene rings is 1. The molecule has 0 heterocycles. The van der Waals surface area contributed by atoms with Gasteiger partial charge in [0, 0.05) is 4.47 Å². The summed E-state index contributed by atoms with van der Waals surface area (Å²) in [4.78, 5) is 0. The van der Waals surface area contributed by atoms with Crippen molar-refractivity contribution in [3.63, 3.8) is 0 Å². The first-order valence-electron chi connectivity index (χ1n) is 6.17. The van der Waals surface area contributed by atoms with Crippen LogP contribution in [0.15, 0.2) is 22.7 Å². The van der Waals surface area contributed by atoms with E-state index in [0.717, 1.165) is 29.4 Å². The van der Waals surface area contributed by atoms with Crippen molar-refractivity contribution in [1.82, 2.24) is 0 Å². The number of ether oxygens (including phenoxy) is 1. The van der Waals surface area contributed by atoms with Gasteiger partial charge in [0.15, 0.2) is 0 Å². The third kappa shape index (κ3) is 4.16. The van der Waals surface area contributed by atoms with Crippen molar-refractivity contribution in [3.8, 4) is 5.75 Å². The molecule has 0 radical (unpaired) electrons. The second-order valence-electron chi connectivity index (χ2n) is 4.49. The van der Waals surface area contributed by atoms with Gasteiger partial charge in [0.25, 0.3) is 0 Å². The van der Waals surface area contributed by atoms with Crippen LogP contribution >= 0.6 is 27.5 Å². The molecule has 4 heteroatoms. The predicted octanol–water partition coefficient (Wildman–Crippen LogP) is 2.99. The number of halogens is 2. The molecule has 94 valence electrons. The van der Waals surface area contributed by atoms with Gasteiger partial charge in [-0.25, -0.2) is 0 Å². The van der Waals surface area contributed by atoms with Gasteiger partial charge in [0.05, 0.1) is 11.1 Å². The van der Waals surface area contributed by atoms with Crippen molar-refractivity contribution in [3.05, 3.63) is 27.7 Å². The molecule has 0 aromatic heterocycles. The largest absolute Gasteiger partial charge is 0.486 e. The highest BCUT2D eigenvalue weighted by Gasteiger charge is 2.17. The van der Waals surface area contributed by atoms with Gasteiger partial charge in [-0.05, 0) is 43.9 Å². The Kier molecular flexibility index (Phi) is 5.14. The Bertz CT molecular complexity index is 366. The number of hydrogen-bond donors (Lipinski definition) is 1. The van der Waals surface area contributed by atoms with Gasteiger partial charge in [0.2, 0.25) is 0 Å². The van der Waals surface area contributed by atoms with Crippen molar-refractivity contribution in [2.24, 2.45) is 0 Å². The van der Waals surface area contributed by atoms with Crippen molar-refractivity contribution in [1.29, 1.82) is 0 Å². The fourth-order valence-electron chi connectivity index (χ4n) is 2.26. The first-order chi connectivity index (χ1) is 8.25. The van der Waals surface area contributed by atoms with E-state index in [-0.39, 0.29) is 0 Å². The van der Waals surface area contributed by atoms with Gasteiger partial charge in [-0.15, -0.1) is 0 Å². The summed E-state index contributed by atoms with van der Waals surface area (Å²) in [6, 6.07) is 6.53. The molecular formula is C13H18BrClNO+. The van der Waals surface area contributed by atoms with Crippen LogP contribution in [0.3, 0.4) is 0 Å². The SMILES string of the molecule is Clc1cc(Br)ccc1OCC[NH2+]C1CCCC1. The van der Waals surface area contributed by atoms with E-state index < -0.39 is 0 Å². The zero-order chi connectivity index (χ0) is 12.1. The molecule has 2 nitrogen and oxygen atoms in total. The maximum Gasteiger partial charge on any atom is 0.138 e. The second-order valence-corrected chi connectivity index (χ2v) is 5.81. The highest BCUT2D eigenvalue weighted by molar-refractivity contribution is 9.10. The van der Waals surface area contributed by atoms with E-state index in [2.05, 4.69) is 21.2 Å². The van der Waals surface area contributed by atoms with Crippen molar-refractivity contribution in [2.45, 2.75) is 31.7 Å². The molecule has 0 amide bonds. The van der Waals surface area contributed by atoms with Gasteiger partial charge in [-0.2, -0.15) is 0 Å². The van der Waals surface area contributed by atoms with E-state index in [1.54, 1.807) is 0 Å². The molecule has 1 aliphatic rings. The maximum absolute atomic E-state index is 6.07. The summed E-state index contributed by atoms with van der Waals surface area (Å²) in [5.74, 6) is 0.773. The average molecular weight is 320 g/mol. The molecule has 2 rings (SSSR count). The van der Waals surface area contributed by atoms with Crippen LogP contribution in [0.5, 0.6) is 5.75 Å². The molecule has 0 atom stereocenters. The molecule has 2 N–H and O–H groups in total. The standard InChI is InChI=1S/C13H17BrClNO/c14-10-5-6-13(12(15)9-10)17-8-7-16-11-3-1-2-4-11/h5-6,9,11,16H,1-4,7-8H2/p+1. The first-order valence-corrected chi connectivity index (χ1v) is 7.34. The van der Waals surface area contributed by atoms with Gasteiger partial charge in [-0.3, -0.25) is 0 Å². The van der Waals surface area contributed by atoms with E-state index in [4.69, 9.17) is 16.3 Å². The third-order valence-corrected chi connectivity index (χ3v) is 3.96. The predicted molar refractivity (Wildman–Crippen MR) is 73.7 cm³/mol. The minimum absolute atomic E-state index is 0.667. The van der Waals surface area contributed by atoms with E-state index in [1.165, 1.54) is 25.7 Å². The Morgan fingerprint density at radius 3 is 2.82 bits per heavy atom. The molecule has 1 saturated carbocycles. The van der Waals surface area contributed by atoms with Gasteiger partial charge >= 0.3 is 0 Å². The zero-order valence-corrected chi connectivity index (χ0v) is 12.1. The molecule has 1 aliphatic carbocycles. The summed E-state index contributed by atoms with van der Waals surface area (Å²) in [5.41, 5.74) is 0. The molecule has 1 fully saturated rings. The van der Waals surface area contributed by atoms with Crippen LogP contribution in [0.4, 0.5) is 0 Å². The van der Waals surface area contributed by atoms with Gasteiger partial charge in [-0.1, -0.05) is 27.5 Å². The molecular weight excluding hydrogens is 302 g/mol. The van der Waals surface area contributed by atoms with Gasteiger partial charge < -0.3 is 10.1 Å². The molecule has 1 aromatic carbocycles. The molecule has 0 aliphatic heterocycles. The maximum atomic E-state index is 6.07. The van der Waals surface area contributed by atoms with Crippen LogP contribution in [0, 0.1) is 0 Å². The number of quaternary nitrogens is 1. The minimum atomic E-state index is 0.667. The van der Waals surface area contributed by atoms with Crippen LogP contribution in [0.25, 0.3) is 0 Å². The number of nitrogens with two attached hydrogens (primary N) is 1. The quantitative estimate of drug-likeness (QED) is 0.830. The lowest BCUT2D eigenvalue weighted by Gasteiger charge is -2.10. The fourth-order valence-corrected chi connectivity index (χ4v) is 2.99. The van der Waals surface area contributed by atoms with Crippen molar-refractivity contribution >= 4 is 27.5 Å². The normalized spacial score (nSPS) is 16.4. The fraction of sp³-hybridized carbons (Fsp3) is 0.538. The Morgan fingerprint density at radius 1 is 1.35 bits per heavy atom. The van der Waals surface area contributed by atoms with Crippen LogP contribution in [0.1, 0.15) is 25.7 Å². The Hall–Kier alpha value is -0.250. The minimum Gasteiger partial charge on any atom is -0.486 e. The van der Waals surface area contributed by atoms with E-state index >= 15 is 0 Å². The van der Waals surface area contributed by atoms with Crippen LogP contribution < -0.4 is 10.1 Å². The lowest BCUT2D eigenvalue weighted by Crippen LogP contribution is -2.90. The summed E-state index contributed by atoms with van der Waals surface area (Å²) in [6.45, 7) is 1.73. The summed E-state index contributed by atoms with van der Waals surface area (Å²) < 4.78 is 6.65.